The van der Waals surface area contributed by atoms with Crippen molar-refractivity contribution in [2.45, 2.75) is 13.3 Å². The average molecular weight is 462 g/mol. The summed E-state index contributed by atoms with van der Waals surface area (Å²) in [4.78, 5) is 14.5. The van der Waals surface area contributed by atoms with Gasteiger partial charge in [-0.2, -0.15) is 5.26 Å². The minimum Gasteiger partial charge on any atom is -0.368 e. The van der Waals surface area contributed by atoms with Gasteiger partial charge in [-0.3, -0.25) is 4.40 Å². The third kappa shape index (κ3) is 3.92. The van der Waals surface area contributed by atoms with Crippen LogP contribution in [-0.2, 0) is 6.42 Å². The molecule has 3 aromatic heterocycles. The zero-order chi connectivity index (χ0) is 22.9. The van der Waals surface area contributed by atoms with Crippen molar-refractivity contribution in [2.24, 2.45) is 0 Å². The summed E-state index contributed by atoms with van der Waals surface area (Å²) in [6, 6.07) is 12.5. The van der Waals surface area contributed by atoms with Gasteiger partial charge < -0.3 is 15.1 Å². The molecule has 1 N–H and O–H groups in total. The average Bonchev–Trinajstić information content (AvgIpc) is 3.46. The van der Waals surface area contributed by atoms with E-state index in [0.717, 1.165) is 61.0 Å². The van der Waals surface area contributed by atoms with Crippen molar-refractivity contribution < 1.29 is 4.39 Å². The van der Waals surface area contributed by atoms with E-state index in [0.29, 0.717) is 15.7 Å². The monoisotopic (exact) mass is 461 g/mol. The SMILES string of the molecule is CCc1nc2ccc(N3CCNCC3)cn2c1N(C)c1nc(-c2ccc(F)cc2)c(C#N)s1. The molecule has 1 aliphatic rings. The molecule has 0 saturated carbocycles. The number of imidazole rings is 1. The normalized spacial score (nSPS) is 13.9. The molecule has 4 aromatic rings. The van der Waals surface area contributed by atoms with Gasteiger partial charge in [-0.1, -0.05) is 18.3 Å². The predicted molar refractivity (Wildman–Crippen MR) is 130 cm³/mol. The van der Waals surface area contributed by atoms with E-state index in [2.05, 4.69) is 45.9 Å². The summed E-state index contributed by atoms with van der Waals surface area (Å²) in [5.41, 5.74) is 4.29. The molecule has 0 atom stereocenters. The third-order valence-corrected chi connectivity index (χ3v) is 6.94. The number of aromatic nitrogens is 3. The molecule has 1 aromatic carbocycles. The number of piperazine rings is 1. The Morgan fingerprint density at radius 1 is 1.15 bits per heavy atom. The Bertz CT molecular complexity index is 1330. The Morgan fingerprint density at radius 2 is 1.91 bits per heavy atom. The molecule has 168 valence electrons. The molecule has 1 aliphatic heterocycles. The number of thiazole rings is 1. The Kier molecular flexibility index (Phi) is 5.70. The molecule has 0 aliphatic carbocycles. The van der Waals surface area contributed by atoms with Gasteiger partial charge in [-0.15, -0.1) is 0 Å². The summed E-state index contributed by atoms with van der Waals surface area (Å²) < 4.78 is 15.5. The molecule has 0 unspecified atom stereocenters. The van der Waals surface area contributed by atoms with Gasteiger partial charge in [0.2, 0.25) is 0 Å². The van der Waals surface area contributed by atoms with Crippen LogP contribution in [0.5, 0.6) is 0 Å². The second kappa shape index (κ2) is 8.81. The van der Waals surface area contributed by atoms with Gasteiger partial charge >= 0.3 is 0 Å². The first-order valence-electron chi connectivity index (χ1n) is 11.0. The molecular weight excluding hydrogens is 437 g/mol. The molecule has 5 rings (SSSR count). The number of nitriles is 1. The van der Waals surface area contributed by atoms with E-state index in [-0.39, 0.29) is 5.82 Å². The number of hydrogen-bond donors (Lipinski definition) is 1. The van der Waals surface area contributed by atoms with E-state index in [1.807, 2.05) is 11.9 Å². The molecule has 0 spiro atoms. The van der Waals surface area contributed by atoms with Crippen molar-refractivity contribution in [3.05, 3.63) is 59.0 Å². The van der Waals surface area contributed by atoms with Crippen molar-refractivity contribution >= 4 is 33.6 Å². The quantitative estimate of drug-likeness (QED) is 0.480. The number of anilines is 3. The molecule has 0 radical (unpaired) electrons. The summed E-state index contributed by atoms with van der Waals surface area (Å²) in [6.45, 7) is 5.95. The first-order valence-corrected chi connectivity index (χ1v) is 11.8. The smallest absolute Gasteiger partial charge is 0.192 e. The summed E-state index contributed by atoms with van der Waals surface area (Å²) in [5.74, 6) is 0.622. The van der Waals surface area contributed by atoms with Crippen LogP contribution < -0.4 is 15.1 Å². The second-order valence-corrected chi connectivity index (χ2v) is 8.92. The first kappa shape index (κ1) is 21.4. The van der Waals surface area contributed by atoms with E-state index in [1.165, 1.54) is 23.5 Å². The fraction of sp³-hybridized carbons (Fsp3) is 0.292. The molecule has 7 nitrogen and oxygen atoms in total. The van der Waals surface area contributed by atoms with Crippen LogP contribution in [0.3, 0.4) is 0 Å². The maximum atomic E-state index is 13.4. The topological polar surface area (TPSA) is 72.5 Å². The number of nitrogens with zero attached hydrogens (tertiary/aromatic N) is 6. The Morgan fingerprint density at radius 3 is 2.61 bits per heavy atom. The molecule has 9 heteroatoms. The van der Waals surface area contributed by atoms with E-state index in [4.69, 9.17) is 9.97 Å². The molecule has 1 fully saturated rings. The Labute approximate surface area is 195 Å². The van der Waals surface area contributed by atoms with Crippen molar-refractivity contribution in [1.82, 2.24) is 19.7 Å². The number of hydrogen-bond acceptors (Lipinski definition) is 7. The van der Waals surface area contributed by atoms with E-state index < -0.39 is 0 Å². The summed E-state index contributed by atoms with van der Waals surface area (Å²) in [5, 5.41) is 13.8. The highest BCUT2D eigenvalue weighted by atomic mass is 32.1. The largest absolute Gasteiger partial charge is 0.368 e. The zero-order valence-electron chi connectivity index (χ0n) is 18.5. The molecule has 0 amide bonds. The molecule has 1 saturated heterocycles. The fourth-order valence-electron chi connectivity index (χ4n) is 4.19. The predicted octanol–water partition coefficient (Wildman–Crippen LogP) is 4.21. The summed E-state index contributed by atoms with van der Waals surface area (Å²) >= 11 is 1.33. The van der Waals surface area contributed by atoms with Gasteiger partial charge in [0.25, 0.3) is 0 Å². The third-order valence-electron chi connectivity index (χ3n) is 5.90. The number of aryl methyl sites for hydroxylation is 1. The van der Waals surface area contributed by atoms with Crippen LogP contribution in [0.4, 0.5) is 21.0 Å². The maximum absolute atomic E-state index is 13.4. The molecule has 0 bridgehead atoms. The Balaban J connectivity index is 1.58. The van der Waals surface area contributed by atoms with Gasteiger partial charge in [0, 0.05) is 45.0 Å². The fourth-order valence-corrected chi connectivity index (χ4v) is 5.04. The van der Waals surface area contributed by atoms with Crippen molar-refractivity contribution in [1.29, 1.82) is 5.26 Å². The summed E-state index contributed by atoms with van der Waals surface area (Å²) in [6.07, 6.45) is 2.91. The molecule has 4 heterocycles. The van der Waals surface area contributed by atoms with Gasteiger partial charge in [0.15, 0.2) is 5.13 Å². The van der Waals surface area contributed by atoms with Gasteiger partial charge in [0.1, 0.15) is 33.9 Å². The summed E-state index contributed by atoms with van der Waals surface area (Å²) in [7, 11) is 1.95. The highest BCUT2D eigenvalue weighted by molar-refractivity contribution is 7.16. The zero-order valence-corrected chi connectivity index (χ0v) is 19.4. The highest BCUT2D eigenvalue weighted by Crippen LogP contribution is 2.37. The number of pyridine rings is 1. The number of nitrogens with one attached hydrogen (secondary N) is 1. The van der Waals surface area contributed by atoms with Crippen molar-refractivity contribution in [3.63, 3.8) is 0 Å². The number of rotatable bonds is 5. The number of fused-ring (bicyclic) bond motifs is 1. The van der Waals surface area contributed by atoms with Crippen molar-refractivity contribution in [3.8, 4) is 17.3 Å². The standard InChI is InChI=1S/C24H24FN7S/c1-3-19-23(32-15-18(8-9-21(32)28-19)31-12-10-27-11-13-31)30(2)24-29-22(20(14-26)33-24)16-4-6-17(25)7-5-16/h4-9,15,27H,3,10-13H2,1-2H3. The highest BCUT2D eigenvalue weighted by Gasteiger charge is 2.22. The van der Waals surface area contributed by atoms with Crippen LogP contribution in [-0.4, -0.2) is 47.6 Å². The maximum Gasteiger partial charge on any atom is 0.192 e. The second-order valence-electron chi connectivity index (χ2n) is 7.94. The molecular formula is C24H24FN7S. The first-order chi connectivity index (χ1) is 16.1. The molecule has 33 heavy (non-hydrogen) atoms. The number of halogens is 1. The van der Waals surface area contributed by atoms with Crippen LogP contribution in [0.1, 0.15) is 17.5 Å². The van der Waals surface area contributed by atoms with Crippen LogP contribution in [0.15, 0.2) is 42.6 Å². The minimum atomic E-state index is -0.316. The lowest BCUT2D eigenvalue weighted by Gasteiger charge is -2.29. The van der Waals surface area contributed by atoms with E-state index in [9.17, 15) is 9.65 Å². The van der Waals surface area contributed by atoms with Gasteiger partial charge in [0.05, 0.1) is 11.4 Å². The minimum absolute atomic E-state index is 0.316. The Hall–Kier alpha value is -3.48. The van der Waals surface area contributed by atoms with Crippen LogP contribution >= 0.6 is 11.3 Å². The van der Waals surface area contributed by atoms with Crippen LogP contribution in [0, 0.1) is 17.1 Å². The van der Waals surface area contributed by atoms with Gasteiger partial charge in [-0.25, -0.2) is 14.4 Å². The van der Waals surface area contributed by atoms with E-state index in [1.54, 1.807) is 12.1 Å². The van der Waals surface area contributed by atoms with Crippen LogP contribution in [0.25, 0.3) is 16.9 Å². The lowest BCUT2D eigenvalue weighted by molar-refractivity contribution is 0.588. The van der Waals surface area contributed by atoms with Crippen molar-refractivity contribution in [2.75, 3.05) is 43.0 Å². The lowest BCUT2D eigenvalue weighted by atomic mass is 10.1. The van der Waals surface area contributed by atoms with Gasteiger partial charge in [-0.05, 0) is 42.8 Å². The van der Waals surface area contributed by atoms with Crippen LogP contribution in [0.2, 0.25) is 0 Å². The lowest BCUT2D eigenvalue weighted by Crippen LogP contribution is -2.43. The number of benzene rings is 1. The van der Waals surface area contributed by atoms with E-state index >= 15 is 0 Å².